The molecule has 2 atom stereocenters. The number of nitrogens with one attached hydrogen (secondary N) is 2. The number of H-pyrrole nitrogens is 1. The van der Waals surface area contributed by atoms with Crippen LogP contribution in [0.15, 0.2) is 54.7 Å². The van der Waals surface area contributed by atoms with Gasteiger partial charge in [-0.3, -0.25) is 4.98 Å². The lowest BCUT2D eigenvalue weighted by Gasteiger charge is -2.28. The van der Waals surface area contributed by atoms with Gasteiger partial charge in [-0.1, -0.05) is 6.07 Å². The molecule has 1 aliphatic rings. The molecule has 0 bridgehead atoms. The molecular weight excluding hydrogens is 380 g/mol. The van der Waals surface area contributed by atoms with Gasteiger partial charge in [0, 0.05) is 23.3 Å². The van der Waals surface area contributed by atoms with E-state index >= 15 is 0 Å². The van der Waals surface area contributed by atoms with Crippen molar-refractivity contribution in [2.24, 2.45) is 0 Å². The maximum Gasteiger partial charge on any atom is 0.174 e. The fraction of sp³-hybridized carbons (Fsp3) is 0.304. The van der Waals surface area contributed by atoms with Gasteiger partial charge < -0.3 is 19.9 Å². The largest absolute Gasteiger partial charge is 0.491 e. The molecule has 29 heavy (non-hydrogen) atoms. The van der Waals surface area contributed by atoms with E-state index in [1.54, 1.807) is 0 Å². The minimum Gasteiger partial charge on any atom is -0.491 e. The highest BCUT2D eigenvalue weighted by Crippen LogP contribution is 2.42. The molecule has 1 saturated heterocycles. The average molecular weight is 407 g/mol. The number of nitrogens with zero attached hydrogens (tertiary/aromatic N) is 2. The highest BCUT2D eigenvalue weighted by molar-refractivity contribution is 7.80. The Bertz CT molecular complexity index is 997. The summed E-state index contributed by atoms with van der Waals surface area (Å²) in [6, 6.07) is 16.3. The summed E-state index contributed by atoms with van der Waals surface area (Å²) in [5.41, 5.74) is 5.49. The zero-order valence-corrected chi connectivity index (χ0v) is 18.0. The third-order valence-corrected chi connectivity index (χ3v) is 5.41. The van der Waals surface area contributed by atoms with Crippen molar-refractivity contribution in [3.05, 3.63) is 77.4 Å². The number of hydrogen-bond acceptors (Lipinski definition) is 3. The second-order valence-corrected chi connectivity index (χ2v) is 8.08. The Kier molecular flexibility index (Phi) is 5.28. The van der Waals surface area contributed by atoms with Crippen LogP contribution in [0.25, 0.3) is 0 Å². The zero-order chi connectivity index (χ0) is 20.5. The molecule has 2 N–H and O–H groups in total. The lowest BCUT2D eigenvalue weighted by molar-refractivity contribution is 0.242. The normalized spacial score (nSPS) is 18.9. The molecule has 3 aromatic rings. The summed E-state index contributed by atoms with van der Waals surface area (Å²) < 4.78 is 5.80. The van der Waals surface area contributed by atoms with Gasteiger partial charge in [0.2, 0.25) is 0 Å². The molecule has 4 rings (SSSR count). The number of rotatable bonds is 5. The molecule has 1 aliphatic heterocycles. The van der Waals surface area contributed by atoms with Crippen molar-refractivity contribution in [2.75, 3.05) is 4.90 Å². The Morgan fingerprint density at radius 2 is 1.86 bits per heavy atom. The van der Waals surface area contributed by atoms with Crippen LogP contribution in [0.5, 0.6) is 5.75 Å². The van der Waals surface area contributed by atoms with E-state index in [2.05, 4.69) is 52.2 Å². The lowest BCUT2D eigenvalue weighted by Crippen LogP contribution is -2.29. The van der Waals surface area contributed by atoms with Crippen LogP contribution in [0, 0.1) is 13.8 Å². The van der Waals surface area contributed by atoms with Crippen molar-refractivity contribution in [3.63, 3.8) is 0 Å². The first kappa shape index (κ1) is 19.5. The summed E-state index contributed by atoms with van der Waals surface area (Å²) in [7, 11) is 0. The van der Waals surface area contributed by atoms with E-state index in [-0.39, 0.29) is 18.2 Å². The van der Waals surface area contributed by atoms with Crippen molar-refractivity contribution in [2.45, 2.75) is 45.9 Å². The van der Waals surface area contributed by atoms with Crippen LogP contribution >= 0.6 is 12.2 Å². The molecule has 0 radical (unpaired) electrons. The highest BCUT2D eigenvalue weighted by Gasteiger charge is 2.41. The maximum absolute atomic E-state index is 5.80. The van der Waals surface area contributed by atoms with E-state index in [1.807, 2.05) is 50.4 Å². The third-order valence-electron chi connectivity index (χ3n) is 5.09. The second-order valence-electron chi connectivity index (χ2n) is 7.69. The van der Waals surface area contributed by atoms with Crippen LogP contribution in [0.2, 0.25) is 0 Å². The number of aryl methyl sites for hydroxylation is 2. The van der Waals surface area contributed by atoms with Crippen molar-refractivity contribution in [1.29, 1.82) is 0 Å². The highest BCUT2D eigenvalue weighted by atomic mass is 32.1. The van der Waals surface area contributed by atoms with Crippen molar-refractivity contribution in [3.8, 4) is 5.75 Å². The van der Waals surface area contributed by atoms with Gasteiger partial charge in [-0.05, 0) is 87.9 Å². The van der Waals surface area contributed by atoms with E-state index in [0.29, 0.717) is 5.11 Å². The average Bonchev–Trinajstić information content (AvgIpc) is 3.21. The summed E-state index contributed by atoms with van der Waals surface area (Å²) >= 11 is 5.78. The maximum atomic E-state index is 5.80. The predicted molar refractivity (Wildman–Crippen MR) is 120 cm³/mol. The molecule has 150 valence electrons. The standard InChI is InChI=1S/C23H26N4OS/c1-14(2)28-18-10-8-17(9-11-18)27-22(19-13-15(3)25-16(19)4)21(26-23(27)29)20-7-5-6-12-24-20/h5-14,21-22,25H,1-4H3,(H,26,29)/t21-,22-/m0/s1. The summed E-state index contributed by atoms with van der Waals surface area (Å²) in [6.07, 6.45) is 1.97. The van der Waals surface area contributed by atoms with Crippen LogP contribution in [0.4, 0.5) is 5.69 Å². The van der Waals surface area contributed by atoms with Crippen molar-refractivity contribution >= 4 is 23.0 Å². The first-order valence-electron chi connectivity index (χ1n) is 9.87. The van der Waals surface area contributed by atoms with Gasteiger partial charge in [0.15, 0.2) is 5.11 Å². The monoisotopic (exact) mass is 406 g/mol. The van der Waals surface area contributed by atoms with Crippen molar-refractivity contribution < 1.29 is 4.74 Å². The molecule has 2 aromatic heterocycles. The van der Waals surface area contributed by atoms with E-state index in [0.717, 1.165) is 28.5 Å². The molecule has 0 amide bonds. The van der Waals surface area contributed by atoms with Crippen LogP contribution in [0.3, 0.4) is 0 Å². The Balaban J connectivity index is 1.77. The van der Waals surface area contributed by atoms with Gasteiger partial charge in [0.1, 0.15) is 5.75 Å². The molecule has 6 heteroatoms. The lowest BCUT2D eigenvalue weighted by atomic mass is 9.96. The fourth-order valence-corrected chi connectivity index (χ4v) is 4.31. The molecule has 5 nitrogen and oxygen atoms in total. The summed E-state index contributed by atoms with van der Waals surface area (Å²) in [4.78, 5) is 10.2. The van der Waals surface area contributed by atoms with Crippen LogP contribution < -0.4 is 15.0 Å². The zero-order valence-electron chi connectivity index (χ0n) is 17.1. The smallest absolute Gasteiger partial charge is 0.174 e. The quantitative estimate of drug-likeness (QED) is 0.585. The van der Waals surface area contributed by atoms with Crippen LogP contribution in [-0.4, -0.2) is 21.2 Å². The second kappa shape index (κ2) is 7.87. The SMILES string of the molecule is Cc1cc([C@H]2[C@H](c3ccccn3)NC(=S)N2c2ccc(OC(C)C)cc2)c(C)[nH]1. The Labute approximate surface area is 177 Å². The number of hydrogen-bond donors (Lipinski definition) is 2. The van der Waals surface area contributed by atoms with Gasteiger partial charge >= 0.3 is 0 Å². The van der Waals surface area contributed by atoms with Gasteiger partial charge in [-0.15, -0.1) is 0 Å². The summed E-state index contributed by atoms with van der Waals surface area (Å²) in [6.45, 7) is 8.24. The molecule has 0 unspecified atom stereocenters. The van der Waals surface area contributed by atoms with Gasteiger partial charge in [0.25, 0.3) is 0 Å². The number of ether oxygens (including phenoxy) is 1. The van der Waals surface area contributed by atoms with Gasteiger partial charge in [-0.25, -0.2) is 0 Å². The molecule has 1 fully saturated rings. The summed E-state index contributed by atoms with van der Waals surface area (Å²) in [5.74, 6) is 0.855. The van der Waals surface area contributed by atoms with Crippen LogP contribution in [-0.2, 0) is 0 Å². The number of thiocarbonyl (C=S) groups is 1. The Hall–Kier alpha value is -2.86. The van der Waals surface area contributed by atoms with E-state index in [9.17, 15) is 0 Å². The van der Waals surface area contributed by atoms with Gasteiger partial charge in [-0.2, -0.15) is 0 Å². The predicted octanol–water partition coefficient (Wildman–Crippen LogP) is 4.99. The summed E-state index contributed by atoms with van der Waals surface area (Å²) in [5, 5.41) is 4.20. The third kappa shape index (κ3) is 3.85. The first-order valence-corrected chi connectivity index (χ1v) is 10.3. The number of benzene rings is 1. The molecule has 3 heterocycles. The van der Waals surface area contributed by atoms with Crippen molar-refractivity contribution in [1.82, 2.24) is 15.3 Å². The Morgan fingerprint density at radius 3 is 2.45 bits per heavy atom. The van der Waals surface area contributed by atoms with E-state index < -0.39 is 0 Å². The number of aromatic nitrogens is 2. The van der Waals surface area contributed by atoms with E-state index in [4.69, 9.17) is 17.0 Å². The van der Waals surface area contributed by atoms with Gasteiger partial charge in [0.05, 0.1) is 23.9 Å². The number of anilines is 1. The minimum atomic E-state index is -0.0378. The molecule has 1 aromatic carbocycles. The molecule has 0 saturated carbocycles. The number of aromatic amines is 1. The Morgan fingerprint density at radius 1 is 1.10 bits per heavy atom. The minimum absolute atomic E-state index is 0.000725. The molecule has 0 spiro atoms. The topological polar surface area (TPSA) is 53.2 Å². The first-order chi connectivity index (χ1) is 13.9. The van der Waals surface area contributed by atoms with Crippen LogP contribution in [0.1, 0.15) is 48.6 Å². The molecule has 0 aliphatic carbocycles. The molecular formula is C23H26N4OS. The van der Waals surface area contributed by atoms with E-state index in [1.165, 1.54) is 5.56 Å². The fourth-order valence-electron chi connectivity index (χ4n) is 3.96. The number of pyridine rings is 1.